The van der Waals surface area contributed by atoms with Crippen molar-refractivity contribution in [3.8, 4) is 0 Å². The van der Waals surface area contributed by atoms with E-state index in [2.05, 4.69) is 15.9 Å². The maximum Gasteiger partial charge on any atom is 0.303 e. The van der Waals surface area contributed by atoms with Gasteiger partial charge in [-0.15, -0.1) is 0 Å². The number of alkyl halides is 1. The van der Waals surface area contributed by atoms with E-state index in [-0.39, 0.29) is 0 Å². The van der Waals surface area contributed by atoms with Gasteiger partial charge in [0.05, 0.1) is 6.10 Å². The van der Waals surface area contributed by atoms with Crippen molar-refractivity contribution in [2.75, 3.05) is 0 Å². The van der Waals surface area contributed by atoms with Gasteiger partial charge in [-0.25, -0.2) is 0 Å². The Bertz CT molecular complexity index is 369. The molecule has 0 bridgehead atoms. The average Bonchev–Trinajstić information content (AvgIpc) is 2.27. The Balaban J connectivity index is 3.01. The van der Waals surface area contributed by atoms with Crippen LogP contribution in [-0.4, -0.2) is 47.3 Å². The highest BCUT2D eigenvalue weighted by molar-refractivity contribution is 9.09. The number of halogens is 1. The smallest absolute Gasteiger partial charge is 0.303 e. The lowest BCUT2D eigenvalue weighted by atomic mass is 10.00. The topological polar surface area (TPSA) is 88.1 Å². The Hall–Kier alpha value is -1.15. The zero-order valence-corrected chi connectivity index (χ0v) is 13.2. The first kappa shape index (κ1) is 16.9. The molecule has 0 N–H and O–H groups in total. The Morgan fingerprint density at radius 1 is 0.850 bits per heavy atom. The molecule has 114 valence electrons. The molecular formula is C12H17BrO7. The summed E-state index contributed by atoms with van der Waals surface area (Å²) < 4.78 is 20.9. The van der Waals surface area contributed by atoms with Crippen LogP contribution in [0.1, 0.15) is 27.7 Å². The van der Waals surface area contributed by atoms with Gasteiger partial charge in [-0.1, -0.05) is 15.9 Å². The molecule has 1 aliphatic heterocycles. The molecule has 7 nitrogen and oxygen atoms in total. The third kappa shape index (κ3) is 4.45. The van der Waals surface area contributed by atoms with Gasteiger partial charge in [-0.3, -0.25) is 14.4 Å². The fraction of sp³-hybridized carbons (Fsp3) is 0.750. The van der Waals surface area contributed by atoms with Crippen LogP contribution in [0.25, 0.3) is 0 Å². The van der Waals surface area contributed by atoms with Crippen LogP contribution in [0.15, 0.2) is 0 Å². The maximum atomic E-state index is 11.2. The number of ether oxygens (including phenoxy) is 4. The molecule has 20 heavy (non-hydrogen) atoms. The van der Waals surface area contributed by atoms with Crippen molar-refractivity contribution in [3.63, 3.8) is 0 Å². The first-order valence-corrected chi connectivity index (χ1v) is 6.95. The second-order valence-electron chi connectivity index (χ2n) is 4.41. The molecule has 0 aromatic heterocycles. The van der Waals surface area contributed by atoms with Crippen molar-refractivity contribution >= 4 is 33.8 Å². The minimum Gasteiger partial charge on any atom is -0.456 e. The van der Waals surface area contributed by atoms with E-state index in [1.54, 1.807) is 6.92 Å². The molecule has 1 heterocycles. The Morgan fingerprint density at radius 2 is 1.25 bits per heavy atom. The minimum absolute atomic E-state index is 0.528. The van der Waals surface area contributed by atoms with Gasteiger partial charge in [0.15, 0.2) is 23.3 Å². The summed E-state index contributed by atoms with van der Waals surface area (Å²) in [4.78, 5) is 33.5. The van der Waals surface area contributed by atoms with Gasteiger partial charge in [0.1, 0.15) is 0 Å². The van der Waals surface area contributed by atoms with Crippen LogP contribution in [-0.2, 0) is 33.3 Å². The Labute approximate surface area is 125 Å². The fourth-order valence-electron chi connectivity index (χ4n) is 1.96. The van der Waals surface area contributed by atoms with Gasteiger partial charge >= 0.3 is 17.9 Å². The molecule has 0 saturated carbocycles. The summed E-state index contributed by atoms with van der Waals surface area (Å²) in [5.41, 5.74) is 0. The first-order chi connectivity index (χ1) is 9.22. The second-order valence-corrected chi connectivity index (χ2v) is 5.32. The third-order valence-electron chi connectivity index (χ3n) is 2.62. The highest BCUT2D eigenvalue weighted by Crippen LogP contribution is 2.31. The number of esters is 3. The lowest BCUT2D eigenvalue weighted by Crippen LogP contribution is -2.59. The van der Waals surface area contributed by atoms with E-state index in [1.807, 2.05) is 0 Å². The zero-order chi connectivity index (χ0) is 15.4. The van der Waals surface area contributed by atoms with Crippen LogP contribution < -0.4 is 0 Å². The molecular weight excluding hydrogens is 336 g/mol. The molecule has 1 fully saturated rings. The largest absolute Gasteiger partial charge is 0.456 e. The Kier molecular flexibility index (Phi) is 5.94. The van der Waals surface area contributed by atoms with Crippen LogP contribution in [0.2, 0.25) is 0 Å². The molecule has 0 aliphatic carbocycles. The quantitative estimate of drug-likeness (QED) is 0.424. The summed E-state index contributed by atoms with van der Waals surface area (Å²) in [5, 5.41) is -0.669. The number of hydrogen-bond acceptors (Lipinski definition) is 7. The molecule has 0 aromatic rings. The molecule has 0 aromatic carbocycles. The van der Waals surface area contributed by atoms with E-state index in [0.717, 1.165) is 0 Å². The molecule has 1 rings (SSSR count). The van der Waals surface area contributed by atoms with Crippen LogP contribution >= 0.6 is 15.9 Å². The molecule has 0 amide bonds. The van der Waals surface area contributed by atoms with E-state index in [0.29, 0.717) is 0 Å². The molecule has 1 saturated heterocycles. The van der Waals surface area contributed by atoms with Crippen molar-refractivity contribution in [2.45, 2.75) is 57.1 Å². The minimum atomic E-state index is -0.937. The highest BCUT2D eigenvalue weighted by Gasteiger charge is 2.49. The van der Waals surface area contributed by atoms with Crippen molar-refractivity contribution in [1.82, 2.24) is 0 Å². The molecule has 0 radical (unpaired) electrons. The van der Waals surface area contributed by atoms with Crippen LogP contribution in [0, 0.1) is 0 Å². The van der Waals surface area contributed by atoms with Gasteiger partial charge in [-0.05, 0) is 6.92 Å². The number of carbonyl (C=O) groups is 3. The van der Waals surface area contributed by atoms with Gasteiger partial charge in [0, 0.05) is 20.8 Å². The number of carbonyl (C=O) groups excluding carboxylic acids is 3. The summed E-state index contributed by atoms with van der Waals surface area (Å²) in [7, 11) is 0. The summed E-state index contributed by atoms with van der Waals surface area (Å²) in [6, 6.07) is 0. The predicted octanol–water partition coefficient (Wildman–Crippen LogP) is 0.921. The Morgan fingerprint density at radius 3 is 1.70 bits per heavy atom. The molecule has 8 heteroatoms. The summed E-state index contributed by atoms with van der Waals surface area (Å²) in [5.74, 6) is -1.67. The van der Waals surface area contributed by atoms with Crippen molar-refractivity contribution < 1.29 is 33.3 Å². The van der Waals surface area contributed by atoms with Gasteiger partial charge in [-0.2, -0.15) is 0 Å². The van der Waals surface area contributed by atoms with E-state index in [1.165, 1.54) is 20.8 Å². The molecule has 0 spiro atoms. The van der Waals surface area contributed by atoms with E-state index < -0.39 is 47.3 Å². The van der Waals surface area contributed by atoms with Crippen LogP contribution in [0.4, 0.5) is 0 Å². The fourth-order valence-corrected chi connectivity index (χ4v) is 2.70. The zero-order valence-electron chi connectivity index (χ0n) is 11.6. The third-order valence-corrected chi connectivity index (χ3v) is 3.36. The normalized spacial score (nSPS) is 33.1. The molecule has 5 atom stereocenters. The monoisotopic (exact) mass is 352 g/mol. The second kappa shape index (κ2) is 7.03. The van der Waals surface area contributed by atoms with Crippen LogP contribution in [0.5, 0.6) is 0 Å². The average molecular weight is 353 g/mol. The summed E-state index contributed by atoms with van der Waals surface area (Å²) >= 11 is 3.22. The SMILES string of the molecule is CC(=O)O[C@@H]1[C@H](OC(C)=O)[C@H](C)OC(Br)[C@H]1OC(C)=O. The highest BCUT2D eigenvalue weighted by atomic mass is 79.9. The first-order valence-electron chi connectivity index (χ1n) is 6.03. The standard InChI is InChI=1S/C12H17BrO7/c1-5-9(18-6(2)14)10(19-7(3)15)11(12(13)17-5)20-8(4)16/h5,9-12H,1-4H3/t5-,9+,10+,11-,12?/m0/s1. The number of rotatable bonds is 3. The van der Waals surface area contributed by atoms with Crippen molar-refractivity contribution in [2.24, 2.45) is 0 Å². The number of hydrogen-bond donors (Lipinski definition) is 0. The summed E-state index contributed by atoms with van der Waals surface area (Å²) in [6.07, 6.45) is -3.22. The lowest BCUT2D eigenvalue weighted by Gasteiger charge is -2.41. The maximum absolute atomic E-state index is 11.2. The van der Waals surface area contributed by atoms with Crippen molar-refractivity contribution in [3.05, 3.63) is 0 Å². The van der Waals surface area contributed by atoms with Crippen LogP contribution in [0.3, 0.4) is 0 Å². The van der Waals surface area contributed by atoms with E-state index in [9.17, 15) is 14.4 Å². The van der Waals surface area contributed by atoms with Crippen molar-refractivity contribution in [1.29, 1.82) is 0 Å². The molecule has 1 unspecified atom stereocenters. The predicted molar refractivity (Wildman–Crippen MR) is 69.9 cm³/mol. The molecule has 1 aliphatic rings. The summed E-state index contributed by atoms with van der Waals surface area (Å²) in [6.45, 7) is 5.35. The van der Waals surface area contributed by atoms with Gasteiger partial charge in [0.2, 0.25) is 0 Å². The van der Waals surface area contributed by atoms with Gasteiger partial charge < -0.3 is 18.9 Å². The van der Waals surface area contributed by atoms with E-state index in [4.69, 9.17) is 18.9 Å². The van der Waals surface area contributed by atoms with Gasteiger partial charge in [0.25, 0.3) is 0 Å². The van der Waals surface area contributed by atoms with E-state index >= 15 is 0 Å². The lowest BCUT2D eigenvalue weighted by molar-refractivity contribution is -0.227.